The molecule has 1 aromatic heterocycles. The van der Waals surface area contributed by atoms with E-state index < -0.39 is 0 Å². The van der Waals surface area contributed by atoms with Gasteiger partial charge in [0, 0.05) is 11.6 Å². The number of para-hydroxylation sites is 1. The number of rotatable bonds is 3. The summed E-state index contributed by atoms with van der Waals surface area (Å²) in [5.41, 5.74) is 2.21. The summed E-state index contributed by atoms with van der Waals surface area (Å²) in [4.78, 5) is 4.41. The maximum Gasteiger partial charge on any atom is 0.0752 e. The third-order valence-corrected chi connectivity index (χ3v) is 2.55. The van der Waals surface area contributed by atoms with E-state index in [1.165, 1.54) is 5.56 Å². The Labute approximate surface area is 89.7 Å². The largest absolute Gasteiger partial charge is 0.310 e. The Kier molecular flexibility index (Phi) is 2.79. The van der Waals surface area contributed by atoms with Crippen LogP contribution in [0.1, 0.15) is 11.6 Å². The summed E-state index contributed by atoms with van der Waals surface area (Å²) >= 11 is 0. The van der Waals surface area contributed by atoms with Crippen LogP contribution >= 0.6 is 0 Å². The number of fused-ring (bicyclic) bond motifs is 1. The summed E-state index contributed by atoms with van der Waals surface area (Å²) in [6.45, 7) is 3.82. The third-order valence-electron chi connectivity index (χ3n) is 2.55. The number of nitrogens with one attached hydrogen (secondary N) is 1. The van der Waals surface area contributed by atoms with Gasteiger partial charge in [0.1, 0.15) is 0 Å². The fraction of sp³-hybridized carbons (Fsp3) is 0.154. The first kappa shape index (κ1) is 9.87. The average molecular weight is 198 g/mol. The highest BCUT2D eigenvalue weighted by atomic mass is 14.9. The molecule has 0 amide bonds. The molecule has 0 aliphatic rings. The molecule has 0 radical (unpaired) electrons. The van der Waals surface area contributed by atoms with E-state index in [1.807, 2.05) is 31.5 Å². The summed E-state index contributed by atoms with van der Waals surface area (Å²) < 4.78 is 0. The molecule has 0 fully saturated rings. The summed E-state index contributed by atoms with van der Waals surface area (Å²) in [6, 6.07) is 10.4. The van der Waals surface area contributed by atoms with Gasteiger partial charge in [-0.3, -0.25) is 4.98 Å². The summed E-state index contributed by atoms with van der Waals surface area (Å²) in [6.07, 6.45) is 3.71. The molecule has 15 heavy (non-hydrogen) atoms. The first-order valence-corrected chi connectivity index (χ1v) is 5.00. The Morgan fingerprint density at radius 2 is 2.13 bits per heavy atom. The number of pyridine rings is 1. The van der Waals surface area contributed by atoms with Crippen molar-refractivity contribution in [1.29, 1.82) is 0 Å². The van der Waals surface area contributed by atoms with Gasteiger partial charge in [-0.1, -0.05) is 30.3 Å². The van der Waals surface area contributed by atoms with Crippen molar-refractivity contribution in [2.75, 3.05) is 7.05 Å². The van der Waals surface area contributed by atoms with Crippen LogP contribution in [0.3, 0.4) is 0 Å². The maximum atomic E-state index is 4.41. The van der Waals surface area contributed by atoms with Crippen molar-refractivity contribution in [3.8, 4) is 0 Å². The van der Waals surface area contributed by atoms with Crippen molar-refractivity contribution in [2.45, 2.75) is 6.04 Å². The molecule has 0 spiro atoms. The molecule has 0 bridgehead atoms. The molecule has 1 aromatic carbocycles. The number of benzene rings is 1. The minimum absolute atomic E-state index is 0.156. The van der Waals surface area contributed by atoms with Gasteiger partial charge in [0.05, 0.1) is 11.6 Å². The fourth-order valence-electron chi connectivity index (χ4n) is 1.78. The SMILES string of the molecule is C=CC(NC)c1cccc2cccnc12. The zero-order valence-electron chi connectivity index (χ0n) is 8.77. The van der Waals surface area contributed by atoms with Crippen molar-refractivity contribution >= 4 is 10.9 Å². The van der Waals surface area contributed by atoms with Crippen LogP contribution in [0, 0.1) is 0 Å². The maximum absolute atomic E-state index is 4.41. The second-order valence-electron chi connectivity index (χ2n) is 3.42. The summed E-state index contributed by atoms with van der Waals surface area (Å²) in [7, 11) is 1.92. The zero-order valence-corrected chi connectivity index (χ0v) is 8.77. The van der Waals surface area contributed by atoms with Crippen LogP contribution in [0.25, 0.3) is 10.9 Å². The highest BCUT2D eigenvalue weighted by Crippen LogP contribution is 2.22. The van der Waals surface area contributed by atoms with Crippen molar-refractivity contribution in [3.63, 3.8) is 0 Å². The molecule has 0 aliphatic carbocycles. The van der Waals surface area contributed by atoms with E-state index >= 15 is 0 Å². The molecule has 0 saturated heterocycles. The van der Waals surface area contributed by atoms with E-state index in [9.17, 15) is 0 Å². The number of likely N-dealkylation sites (N-methyl/N-ethyl adjacent to an activating group) is 1. The molecular formula is C13H14N2. The molecule has 2 heteroatoms. The average Bonchev–Trinajstić information content (AvgIpc) is 2.31. The molecule has 1 atom stereocenters. The van der Waals surface area contributed by atoms with Crippen molar-refractivity contribution in [1.82, 2.24) is 10.3 Å². The molecule has 1 unspecified atom stereocenters. The van der Waals surface area contributed by atoms with Gasteiger partial charge in [-0.15, -0.1) is 6.58 Å². The molecule has 0 saturated carbocycles. The number of hydrogen-bond acceptors (Lipinski definition) is 2. The Bertz CT molecular complexity index is 471. The lowest BCUT2D eigenvalue weighted by atomic mass is 10.0. The van der Waals surface area contributed by atoms with E-state index in [4.69, 9.17) is 0 Å². The topological polar surface area (TPSA) is 24.9 Å². The smallest absolute Gasteiger partial charge is 0.0752 e. The second-order valence-corrected chi connectivity index (χ2v) is 3.42. The fourth-order valence-corrected chi connectivity index (χ4v) is 1.78. The molecule has 0 aliphatic heterocycles. The first-order chi connectivity index (χ1) is 7.36. The Hall–Kier alpha value is -1.67. The van der Waals surface area contributed by atoms with Gasteiger partial charge >= 0.3 is 0 Å². The number of hydrogen-bond donors (Lipinski definition) is 1. The van der Waals surface area contributed by atoms with Crippen LogP contribution in [0.4, 0.5) is 0 Å². The van der Waals surface area contributed by atoms with E-state index in [-0.39, 0.29) is 6.04 Å². The van der Waals surface area contributed by atoms with Gasteiger partial charge in [0.2, 0.25) is 0 Å². The lowest BCUT2D eigenvalue weighted by Crippen LogP contribution is -2.14. The molecule has 1 N–H and O–H groups in total. The lowest BCUT2D eigenvalue weighted by molar-refractivity contribution is 0.720. The van der Waals surface area contributed by atoms with E-state index in [1.54, 1.807) is 0 Å². The minimum Gasteiger partial charge on any atom is -0.310 e. The quantitative estimate of drug-likeness (QED) is 0.767. The number of aromatic nitrogens is 1. The van der Waals surface area contributed by atoms with Gasteiger partial charge in [-0.2, -0.15) is 0 Å². The van der Waals surface area contributed by atoms with Crippen LogP contribution in [0.15, 0.2) is 49.2 Å². The van der Waals surface area contributed by atoms with Crippen molar-refractivity contribution in [2.24, 2.45) is 0 Å². The predicted octanol–water partition coefficient (Wildman–Crippen LogP) is 2.68. The highest BCUT2D eigenvalue weighted by molar-refractivity contribution is 5.82. The van der Waals surface area contributed by atoms with Gasteiger partial charge < -0.3 is 5.32 Å². The molecule has 2 nitrogen and oxygen atoms in total. The van der Waals surface area contributed by atoms with Crippen LogP contribution in [0.5, 0.6) is 0 Å². The predicted molar refractivity (Wildman–Crippen MR) is 63.7 cm³/mol. The van der Waals surface area contributed by atoms with E-state index in [0.717, 1.165) is 10.9 Å². The molecular weight excluding hydrogens is 184 g/mol. The van der Waals surface area contributed by atoms with Gasteiger partial charge in [-0.05, 0) is 18.7 Å². The van der Waals surface area contributed by atoms with Crippen molar-refractivity contribution < 1.29 is 0 Å². The Balaban J connectivity index is 2.64. The van der Waals surface area contributed by atoms with Crippen molar-refractivity contribution in [3.05, 3.63) is 54.7 Å². The Morgan fingerprint density at radius 3 is 2.87 bits per heavy atom. The van der Waals surface area contributed by atoms with Gasteiger partial charge in [-0.25, -0.2) is 0 Å². The van der Waals surface area contributed by atoms with E-state index in [2.05, 4.69) is 35.1 Å². The molecule has 76 valence electrons. The third kappa shape index (κ3) is 1.76. The lowest BCUT2D eigenvalue weighted by Gasteiger charge is -2.13. The van der Waals surface area contributed by atoms with Crippen LogP contribution in [-0.2, 0) is 0 Å². The summed E-state index contributed by atoms with van der Waals surface area (Å²) in [5, 5.41) is 4.37. The van der Waals surface area contributed by atoms with Gasteiger partial charge in [0.15, 0.2) is 0 Å². The second kappa shape index (κ2) is 4.24. The normalized spacial score (nSPS) is 12.6. The monoisotopic (exact) mass is 198 g/mol. The first-order valence-electron chi connectivity index (χ1n) is 5.00. The molecule has 1 heterocycles. The van der Waals surface area contributed by atoms with Crippen LogP contribution in [0.2, 0.25) is 0 Å². The minimum atomic E-state index is 0.156. The molecule has 2 aromatic rings. The molecule has 2 rings (SSSR count). The Morgan fingerprint density at radius 1 is 1.33 bits per heavy atom. The van der Waals surface area contributed by atoms with Crippen LogP contribution in [-0.4, -0.2) is 12.0 Å². The zero-order chi connectivity index (χ0) is 10.7. The van der Waals surface area contributed by atoms with Gasteiger partial charge in [0.25, 0.3) is 0 Å². The van der Waals surface area contributed by atoms with E-state index in [0.29, 0.717) is 0 Å². The standard InChI is InChI=1S/C13H14N2/c1-3-12(14-2)11-8-4-6-10-7-5-9-15-13(10)11/h3-9,12,14H,1H2,2H3. The van der Waals surface area contributed by atoms with Crippen LogP contribution < -0.4 is 5.32 Å². The summed E-state index contributed by atoms with van der Waals surface area (Å²) in [5.74, 6) is 0. The highest BCUT2D eigenvalue weighted by Gasteiger charge is 2.08. The number of nitrogens with zero attached hydrogens (tertiary/aromatic N) is 1.